The Kier molecular flexibility index (Phi) is 6.37. The third kappa shape index (κ3) is 3.97. The predicted molar refractivity (Wildman–Crippen MR) is 138 cm³/mol. The number of aliphatic hydroxyl groups excluding tert-OH is 1. The topological polar surface area (TPSA) is 128 Å². The first-order valence-electron chi connectivity index (χ1n) is 11.4. The van der Waals surface area contributed by atoms with Crippen molar-refractivity contribution in [1.82, 2.24) is 4.98 Å². The van der Waals surface area contributed by atoms with Crippen LogP contribution in [0.5, 0.6) is 11.5 Å². The number of methoxy groups -OCH3 is 3. The second-order valence-electron chi connectivity index (χ2n) is 8.34. The largest absolute Gasteiger partial charge is 0.503 e. The lowest BCUT2D eigenvalue weighted by molar-refractivity contribution is -0.117. The molecule has 5 rings (SSSR count). The third-order valence-electron chi connectivity index (χ3n) is 6.18. The minimum absolute atomic E-state index is 0.0841. The van der Waals surface area contributed by atoms with Gasteiger partial charge in [0, 0.05) is 5.39 Å². The number of esters is 1. The number of fused-ring (bicyclic) bond motifs is 1. The van der Waals surface area contributed by atoms with Crippen molar-refractivity contribution in [3.8, 4) is 11.5 Å². The van der Waals surface area contributed by atoms with E-state index in [9.17, 15) is 19.5 Å². The maximum Gasteiger partial charge on any atom is 0.350 e. The Morgan fingerprint density at radius 1 is 1.08 bits per heavy atom. The van der Waals surface area contributed by atoms with Crippen molar-refractivity contribution in [2.24, 2.45) is 0 Å². The van der Waals surface area contributed by atoms with Gasteiger partial charge < -0.3 is 23.7 Å². The number of rotatable bonds is 7. The van der Waals surface area contributed by atoms with Crippen LogP contribution in [0.25, 0.3) is 11.0 Å². The molecule has 1 atom stereocenters. The summed E-state index contributed by atoms with van der Waals surface area (Å²) in [5, 5.41) is 11.8. The molecular formula is C27H22N2O8S. The van der Waals surface area contributed by atoms with Crippen LogP contribution in [0.15, 0.2) is 64.3 Å². The summed E-state index contributed by atoms with van der Waals surface area (Å²) in [5.41, 5.74) is 0.980. The van der Waals surface area contributed by atoms with E-state index in [-0.39, 0.29) is 21.3 Å². The zero-order chi connectivity index (χ0) is 27.1. The van der Waals surface area contributed by atoms with Gasteiger partial charge in [0.05, 0.1) is 38.6 Å². The number of furan rings is 1. The van der Waals surface area contributed by atoms with Gasteiger partial charge in [0.15, 0.2) is 28.0 Å². The molecular weight excluding hydrogens is 512 g/mol. The lowest BCUT2D eigenvalue weighted by Gasteiger charge is -2.24. The fourth-order valence-electron chi connectivity index (χ4n) is 4.37. The number of carbonyl (C=O) groups is 3. The molecule has 0 radical (unpaired) electrons. The van der Waals surface area contributed by atoms with E-state index in [0.29, 0.717) is 33.7 Å². The van der Waals surface area contributed by atoms with Gasteiger partial charge >= 0.3 is 5.97 Å². The summed E-state index contributed by atoms with van der Waals surface area (Å²) in [5.74, 6) is -2.07. The van der Waals surface area contributed by atoms with E-state index < -0.39 is 29.5 Å². The van der Waals surface area contributed by atoms with Crippen molar-refractivity contribution in [1.29, 1.82) is 0 Å². The second-order valence-corrected chi connectivity index (χ2v) is 9.32. The minimum Gasteiger partial charge on any atom is -0.503 e. The summed E-state index contributed by atoms with van der Waals surface area (Å²) < 4.78 is 21.3. The summed E-state index contributed by atoms with van der Waals surface area (Å²) in [7, 11) is 4.22. The highest BCUT2D eigenvalue weighted by atomic mass is 32.1. The molecule has 0 saturated carbocycles. The Labute approximate surface area is 220 Å². The van der Waals surface area contributed by atoms with Crippen LogP contribution in [-0.4, -0.2) is 49.1 Å². The molecule has 0 spiro atoms. The minimum atomic E-state index is -1.09. The molecule has 1 amide bonds. The van der Waals surface area contributed by atoms with Crippen LogP contribution in [-0.2, 0) is 9.53 Å². The van der Waals surface area contributed by atoms with Crippen LogP contribution in [0.1, 0.15) is 37.5 Å². The zero-order valence-electron chi connectivity index (χ0n) is 20.8. The van der Waals surface area contributed by atoms with Gasteiger partial charge in [-0.05, 0) is 36.8 Å². The summed E-state index contributed by atoms with van der Waals surface area (Å²) in [6.45, 7) is 1.61. The van der Waals surface area contributed by atoms with Gasteiger partial charge in [0.1, 0.15) is 10.6 Å². The molecule has 2 aromatic carbocycles. The molecule has 0 bridgehead atoms. The number of anilines is 1. The van der Waals surface area contributed by atoms with Crippen LogP contribution in [0, 0.1) is 6.92 Å². The van der Waals surface area contributed by atoms with Gasteiger partial charge in [-0.2, -0.15) is 0 Å². The lowest BCUT2D eigenvalue weighted by Crippen LogP contribution is -2.31. The molecule has 0 aliphatic carbocycles. The molecule has 4 aromatic rings. The Morgan fingerprint density at radius 2 is 1.84 bits per heavy atom. The van der Waals surface area contributed by atoms with Gasteiger partial charge in [-0.25, -0.2) is 9.78 Å². The number of carbonyl (C=O) groups excluding carboxylic acids is 3. The Hall–Kier alpha value is -4.64. The van der Waals surface area contributed by atoms with E-state index in [1.165, 1.54) is 32.3 Å². The quantitative estimate of drug-likeness (QED) is 0.263. The molecule has 194 valence electrons. The number of ketones is 1. The lowest BCUT2D eigenvalue weighted by atomic mass is 9.95. The van der Waals surface area contributed by atoms with Crippen LogP contribution in [0.3, 0.4) is 0 Å². The first kappa shape index (κ1) is 25.0. The number of benzene rings is 2. The van der Waals surface area contributed by atoms with E-state index in [1.807, 2.05) is 0 Å². The van der Waals surface area contributed by atoms with Crippen molar-refractivity contribution < 1.29 is 38.1 Å². The Bertz CT molecular complexity index is 1630. The number of amides is 1. The van der Waals surface area contributed by atoms with Crippen LogP contribution in [0.2, 0.25) is 0 Å². The molecule has 38 heavy (non-hydrogen) atoms. The number of aliphatic hydroxyl groups is 1. The van der Waals surface area contributed by atoms with Crippen molar-refractivity contribution in [3.63, 3.8) is 0 Å². The molecule has 0 saturated heterocycles. The van der Waals surface area contributed by atoms with Crippen molar-refractivity contribution in [2.45, 2.75) is 13.0 Å². The maximum atomic E-state index is 13.9. The van der Waals surface area contributed by atoms with Crippen molar-refractivity contribution in [2.75, 3.05) is 26.2 Å². The SMILES string of the molecule is COC(=O)c1sc(N2C(=O)C(O)=C(C(=O)c3cc4cccc(OC)c4o3)C2c2cccc(OC)c2)nc1C. The van der Waals surface area contributed by atoms with Crippen molar-refractivity contribution in [3.05, 3.63) is 81.8 Å². The first-order chi connectivity index (χ1) is 18.3. The third-order valence-corrected chi connectivity index (χ3v) is 7.31. The maximum absolute atomic E-state index is 13.9. The van der Waals surface area contributed by atoms with Gasteiger partial charge in [-0.15, -0.1) is 0 Å². The van der Waals surface area contributed by atoms with Crippen molar-refractivity contribution >= 4 is 45.1 Å². The molecule has 1 aliphatic heterocycles. The zero-order valence-corrected chi connectivity index (χ0v) is 21.6. The monoisotopic (exact) mass is 534 g/mol. The molecule has 3 heterocycles. The normalized spacial score (nSPS) is 15.3. The molecule has 11 heteroatoms. The number of para-hydroxylation sites is 1. The average molecular weight is 535 g/mol. The van der Waals surface area contributed by atoms with E-state index in [1.54, 1.807) is 49.4 Å². The summed E-state index contributed by atoms with van der Waals surface area (Å²) >= 11 is 0.921. The molecule has 2 aromatic heterocycles. The molecule has 1 aliphatic rings. The molecule has 1 N–H and O–H groups in total. The number of ether oxygens (including phenoxy) is 3. The highest BCUT2D eigenvalue weighted by molar-refractivity contribution is 7.17. The summed E-state index contributed by atoms with van der Waals surface area (Å²) in [6, 6.07) is 12.4. The summed E-state index contributed by atoms with van der Waals surface area (Å²) in [6.07, 6.45) is 0. The molecule has 10 nitrogen and oxygen atoms in total. The van der Waals surface area contributed by atoms with E-state index in [0.717, 1.165) is 11.3 Å². The van der Waals surface area contributed by atoms with Gasteiger partial charge in [-0.3, -0.25) is 14.5 Å². The number of thiazole rings is 1. The fraction of sp³-hybridized carbons (Fsp3) is 0.185. The average Bonchev–Trinajstić information content (AvgIpc) is 3.61. The highest BCUT2D eigenvalue weighted by Crippen LogP contribution is 2.45. The van der Waals surface area contributed by atoms with Gasteiger partial charge in [0.25, 0.3) is 5.91 Å². The molecule has 1 unspecified atom stereocenters. The van der Waals surface area contributed by atoms with E-state index >= 15 is 0 Å². The predicted octanol–water partition coefficient (Wildman–Crippen LogP) is 4.78. The number of hydrogen-bond donors (Lipinski definition) is 1. The number of aromatic nitrogens is 1. The van der Waals surface area contributed by atoms with E-state index in [4.69, 9.17) is 18.6 Å². The highest BCUT2D eigenvalue weighted by Gasteiger charge is 2.47. The van der Waals surface area contributed by atoms with E-state index in [2.05, 4.69) is 4.98 Å². The van der Waals surface area contributed by atoms with Gasteiger partial charge in [-0.1, -0.05) is 35.6 Å². The fourth-order valence-corrected chi connectivity index (χ4v) is 5.38. The first-order valence-corrected chi connectivity index (χ1v) is 12.2. The number of nitrogens with zero attached hydrogens (tertiary/aromatic N) is 2. The van der Waals surface area contributed by atoms with Crippen LogP contribution >= 0.6 is 11.3 Å². The standard InChI is InChI=1S/C27H22N2O8S/c1-13-24(26(33)36-4)38-27(28-13)29-20(14-7-5-9-16(11-14)34-2)19(22(31)25(29)32)21(30)18-12-15-8-6-10-17(35-3)23(15)37-18/h5-12,20,31H,1-4H3. The van der Waals surface area contributed by atoms with Gasteiger partial charge in [0.2, 0.25) is 5.78 Å². The Balaban J connectivity index is 1.67. The Morgan fingerprint density at radius 3 is 2.55 bits per heavy atom. The van der Waals surface area contributed by atoms with Crippen LogP contribution < -0.4 is 14.4 Å². The summed E-state index contributed by atoms with van der Waals surface area (Å²) in [4.78, 5) is 45.3. The number of hydrogen-bond acceptors (Lipinski definition) is 10. The van der Waals surface area contributed by atoms with Crippen LogP contribution in [0.4, 0.5) is 5.13 Å². The second kappa shape index (κ2) is 9.67. The number of aryl methyl sites for hydroxylation is 1. The number of Topliss-reactive ketones (excluding diaryl/α,β-unsaturated/α-hetero) is 1. The molecule has 0 fully saturated rings. The smallest absolute Gasteiger partial charge is 0.350 e.